The zero-order valence-corrected chi connectivity index (χ0v) is 18.1. The topological polar surface area (TPSA) is 67.2 Å². The Balaban J connectivity index is 1.39. The molecule has 3 heterocycles. The molecule has 0 saturated carbocycles. The molecule has 0 N–H and O–H groups in total. The number of benzene rings is 1. The van der Waals surface area contributed by atoms with Gasteiger partial charge in [-0.1, -0.05) is 30.0 Å². The van der Waals surface area contributed by atoms with Crippen molar-refractivity contribution in [3.05, 3.63) is 54.9 Å². The summed E-state index contributed by atoms with van der Waals surface area (Å²) in [6, 6.07) is 14.2. The second-order valence-electron chi connectivity index (χ2n) is 7.19. The lowest BCUT2D eigenvalue weighted by Gasteiger charge is -2.37. The largest absolute Gasteiger partial charge is 0.368 e. The molecular formula is C22H26N6OS. The summed E-state index contributed by atoms with van der Waals surface area (Å²) in [6.45, 7) is 7.94. The third kappa shape index (κ3) is 4.33. The molecule has 1 aromatic carbocycles. The van der Waals surface area contributed by atoms with Gasteiger partial charge in [0.25, 0.3) is 0 Å². The number of para-hydroxylation sites is 1. The molecule has 0 aliphatic carbocycles. The van der Waals surface area contributed by atoms with Crippen LogP contribution in [-0.4, -0.2) is 62.0 Å². The molecule has 1 atom stereocenters. The number of hydrogen-bond donors (Lipinski definition) is 0. The monoisotopic (exact) mass is 422 g/mol. The Morgan fingerprint density at radius 2 is 1.73 bits per heavy atom. The fourth-order valence-electron chi connectivity index (χ4n) is 3.66. The number of carbonyl (C=O) groups is 1. The maximum atomic E-state index is 13.0. The highest BCUT2D eigenvalue weighted by Crippen LogP contribution is 2.28. The van der Waals surface area contributed by atoms with Crippen molar-refractivity contribution in [2.45, 2.75) is 30.8 Å². The van der Waals surface area contributed by atoms with E-state index in [0.29, 0.717) is 0 Å². The number of aromatic nitrogens is 4. The van der Waals surface area contributed by atoms with Crippen LogP contribution >= 0.6 is 11.8 Å². The molecular weight excluding hydrogens is 396 g/mol. The molecule has 0 radical (unpaired) electrons. The number of piperazine rings is 1. The minimum atomic E-state index is -0.215. The minimum Gasteiger partial charge on any atom is -0.368 e. The van der Waals surface area contributed by atoms with Gasteiger partial charge in [-0.2, -0.15) is 0 Å². The number of nitrogens with zero attached hydrogens (tertiary/aromatic N) is 6. The summed E-state index contributed by atoms with van der Waals surface area (Å²) in [5, 5.41) is 9.27. The third-order valence-corrected chi connectivity index (χ3v) is 6.38. The fraction of sp³-hybridized carbons (Fsp3) is 0.364. The molecule has 1 aliphatic heterocycles. The Labute approximate surface area is 181 Å². The number of anilines is 1. The molecule has 3 aromatic rings. The molecule has 1 aliphatic rings. The zero-order chi connectivity index (χ0) is 20.9. The maximum Gasteiger partial charge on any atom is 0.236 e. The van der Waals surface area contributed by atoms with E-state index in [1.165, 1.54) is 17.4 Å². The van der Waals surface area contributed by atoms with Crippen LogP contribution in [0.5, 0.6) is 0 Å². The van der Waals surface area contributed by atoms with E-state index < -0.39 is 0 Å². The Morgan fingerprint density at radius 3 is 2.40 bits per heavy atom. The molecule has 0 spiro atoms. The third-order valence-electron chi connectivity index (χ3n) is 5.31. The number of thioether (sulfide) groups is 1. The average Bonchev–Trinajstić information content (AvgIpc) is 3.22. The predicted molar refractivity (Wildman–Crippen MR) is 119 cm³/mol. The van der Waals surface area contributed by atoms with E-state index in [9.17, 15) is 4.79 Å². The Morgan fingerprint density at radius 1 is 1.03 bits per heavy atom. The summed E-state index contributed by atoms with van der Waals surface area (Å²) < 4.78 is 2.05. The highest BCUT2D eigenvalue weighted by Gasteiger charge is 2.27. The number of carbonyl (C=O) groups excluding carboxylic acids is 1. The number of hydrogen-bond acceptors (Lipinski definition) is 6. The van der Waals surface area contributed by atoms with Gasteiger partial charge in [-0.05, 0) is 38.1 Å². The molecule has 1 unspecified atom stereocenters. The summed E-state index contributed by atoms with van der Waals surface area (Å²) >= 11 is 1.48. The smallest absolute Gasteiger partial charge is 0.236 e. The summed E-state index contributed by atoms with van der Waals surface area (Å²) in [5.74, 6) is 0.961. The molecule has 4 rings (SSSR count). The Bertz CT molecular complexity index is 970. The van der Waals surface area contributed by atoms with Crippen LogP contribution < -0.4 is 4.90 Å². The molecule has 0 bridgehead atoms. The van der Waals surface area contributed by atoms with E-state index in [4.69, 9.17) is 0 Å². The van der Waals surface area contributed by atoms with Gasteiger partial charge in [0.05, 0.1) is 5.25 Å². The van der Waals surface area contributed by atoms with Gasteiger partial charge in [0.1, 0.15) is 0 Å². The molecule has 156 valence electrons. The second kappa shape index (κ2) is 9.30. The van der Waals surface area contributed by atoms with Crippen LogP contribution in [0.4, 0.5) is 5.69 Å². The van der Waals surface area contributed by atoms with Crippen LogP contribution in [0.25, 0.3) is 11.4 Å². The highest BCUT2D eigenvalue weighted by molar-refractivity contribution is 8.00. The van der Waals surface area contributed by atoms with Crippen molar-refractivity contribution in [2.24, 2.45) is 0 Å². The van der Waals surface area contributed by atoms with Gasteiger partial charge >= 0.3 is 0 Å². The number of amides is 1. The van der Waals surface area contributed by atoms with Crippen molar-refractivity contribution in [1.82, 2.24) is 24.6 Å². The van der Waals surface area contributed by atoms with Gasteiger partial charge < -0.3 is 14.4 Å². The standard InChI is InChI=1S/C22H26N6OS/c1-3-28-20(18-9-11-23-12-10-18)24-25-22(28)30-17(2)21(29)27-15-13-26(14-16-27)19-7-5-4-6-8-19/h4-12,17H,3,13-16H2,1-2H3. The summed E-state index contributed by atoms with van der Waals surface area (Å²) in [4.78, 5) is 21.4. The quantitative estimate of drug-likeness (QED) is 0.569. The molecule has 2 aromatic heterocycles. The summed E-state index contributed by atoms with van der Waals surface area (Å²) in [7, 11) is 0. The number of pyridine rings is 1. The Hall–Kier alpha value is -2.87. The van der Waals surface area contributed by atoms with E-state index in [2.05, 4.69) is 55.8 Å². The summed E-state index contributed by atoms with van der Waals surface area (Å²) in [5.41, 5.74) is 2.19. The van der Waals surface area contributed by atoms with Crippen LogP contribution in [0, 0.1) is 0 Å². The van der Waals surface area contributed by atoms with E-state index in [0.717, 1.165) is 49.3 Å². The fourth-order valence-corrected chi connectivity index (χ4v) is 4.66. The normalized spacial score (nSPS) is 15.3. The van der Waals surface area contributed by atoms with Gasteiger partial charge in [0, 0.05) is 56.4 Å². The first-order valence-corrected chi connectivity index (χ1v) is 11.1. The van der Waals surface area contributed by atoms with E-state index in [1.54, 1.807) is 12.4 Å². The average molecular weight is 423 g/mol. The highest BCUT2D eigenvalue weighted by atomic mass is 32.2. The second-order valence-corrected chi connectivity index (χ2v) is 8.50. The van der Waals surface area contributed by atoms with Crippen molar-refractivity contribution in [1.29, 1.82) is 0 Å². The SMILES string of the molecule is CCn1c(SC(C)C(=O)N2CCN(c3ccccc3)CC2)nnc1-c1ccncc1. The molecule has 30 heavy (non-hydrogen) atoms. The Kier molecular flexibility index (Phi) is 6.32. The van der Waals surface area contributed by atoms with Crippen LogP contribution in [0.2, 0.25) is 0 Å². The van der Waals surface area contributed by atoms with Crippen molar-refractivity contribution in [3.8, 4) is 11.4 Å². The van der Waals surface area contributed by atoms with Gasteiger partial charge in [0.15, 0.2) is 11.0 Å². The first-order chi connectivity index (χ1) is 14.7. The van der Waals surface area contributed by atoms with Crippen molar-refractivity contribution >= 4 is 23.4 Å². The van der Waals surface area contributed by atoms with Gasteiger partial charge in [-0.15, -0.1) is 10.2 Å². The lowest BCUT2D eigenvalue weighted by atomic mass is 10.2. The van der Waals surface area contributed by atoms with Crippen LogP contribution in [0.15, 0.2) is 60.0 Å². The summed E-state index contributed by atoms with van der Waals surface area (Å²) in [6.07, 6.45) is 3.50. The zero-order valence-electron chi connectivity index (χ0n) is 17.3. The van der Waals surface area contributed by atoms with E-state index in [-0.39, 0.29) is 11.2 Å². The minimum absolute atomic E-state index is 0.156. The maximum absolute atomic E-state index is 13.0. The lowest BCUT2D eigenvalue weighted by Crippen LogP contribution is -2.50. The van der Waals surface area contributed by atoms with Crippen molar-refractivity contribution < 1.29 is 4.79 Å². The predicted octanol–water partition coefficient (Wildman–Crippen LogP) is 3.19. The number of rotatable bonds is 6. The molecule has 1 fully saturated rings. The van der Waals surface area contributed by atoms with Gasteiger partial charge in [0.2, 0.25) is 5.91 Å². The van der Waals surface area contributed by atoms with Crippen LogP contribution in [-0.2, 0) is 11.3 Å². The van der Waals surface area contributed by atoms with Crippen LogP contribution in [0.3, 0.4) is 0 Å². The molecule has 7 nitrogen and oxygen atoms in total. The van der Waals surface area contributed by atoms with Crippen molar-refractivity contribution in [3.63, 3.8) is 0 Å². The lowest BCUT2D eigenvalue weighted by molar-refractivity contribution is -0.130. The van der Waals surface area contributed by atoms with Crippen molar-refractivity contribution in [2.75, 3.05) is 31.1 Å². The molecule has 1 saturated heterocycles. The first kappa shape index (κ1) is 20.4. The molecule has 8 heteroatoms. The van der Waals surface area contributed by atoms with E-state index in [1.807, 2.05) is 30.0 Å². The molecule has 1 amide bonds. The first-order valence-electron chi connectivity index (χ1n) is 10.3. The van der Waals surface area contributed by atoms with Gasteiger partial charge in [-0.3, -0.25) is 9.78 Å². The van der Waals surface area contributed by atoms with Crippen LogP contribution in [0.1, 0.15) is 13.8 Å². The van der Waals surface area contributed by atoms with E-state index >= 15 is 0 Å². The van der Waals surface area contributed by atoms with Gasteiger partial charge in [-0.25, -0.2) is 0 Å².